The van der Waals surface area contributed by atoms with Crippen LogP contribution in [0, 0.1) is 0 Å². The monoisotopic (exact) mass is 817 g/mol. The van der Waals surface area contributed by atoms with E-state index in [2.05, 4.69) is 201 Å². The Morgan fingerprint density at radius 3 is 1.84 bits per heavy atom. The van der Waals surface area contributed by atoms with E-state index in [4.69, 9.17) is 9.47 Å². The molecule has 0 saturated carbocycles. The van der Waals surface area contributed by atoms with Crippen molar-refractivity contribution in [3.05, 3.63) is 209 Å². The van der Waals surface area contributed by atoms with E-state index >= 15 is 0 Å². The maximum atomic E-state index is 9.97. The molecule has 0 amide bonds. The van der Waals surface area contributed by atoms with Crippen molar-refractivity contribution in [2.75, 3.05) is 38.3 Å². The van der Waals surface area contributed by atoms with Crippen LogP contribution in [0.3, 0.4) is 0 Å². The summed E-state index contributed by atoms with van der Waals surface area (Å²) in [5.41, 5.74) is 9.55. The molecule has 2 heterocycles. The van der Waals surface area contributed by atoms with Crippen molar-refractivity contribution < 1.29 is 19.2 Å². The number of aliphatic hydroxyl groups is 1. The molecular formula is C57H57N2O3+. The summed E-state index contributed by atoms with van der Waals surface area (Å²) >= 11 is 0. The van der Waals surface area contributed by atoms with Crippen molar-refractivity contribution >= 4 is 38.6 Å². The van der Waals surface area contributed by atoms with Gasteiger partial charge in [0.1, 0.15) is 11.4 Å². The molecule has 9 rings (SSSR count). The third-order valence-corrected chi connectivity index (χ3v) is 13.3. The molecule has 312 valence electrons. The highest BCUT2D eigenvalue weighted by Gasteiger charge is 2.46. The first kappa shape index (κ1) is 41.1. The number of aliphatic hydroxyl groups excluding tert-OH is 1. The lowest BCUT2D eigenvalue weighted by molar-refractivity contribution is -0.439. The van der Waals surface area contributed by atoms with Crippen molar-refractivity contribution in [1.82, 2.24) is 0 Å². The number of ether oxygens (including phenoxy) is 2. The Kier molecular flexibility index (Phi) is 11.2. The summed E-state index contributed by atoms with van der Waals surface area (Å²) in [5.74, 6) is 0.811. The normalized spacial score (nSPS) is 16.2. The number of rotatable bonds is 14. The van der Waals surface area contributed by atoms with Gasteiger partial charge in [-0.2, -0.15) is 4.58 Å². The molecule has 7 aromatic carbocycles. The first-order valence-electron chi connectivity index (χ1n) is 22.1. The van der Waals surface area contributed by atoms with Gasteiger partial charge < -0.3 is 19.5 Å². The van der Waals surface area contributed by atoms with Gasteiger partial charge in [-0.25, -0.2) is 0 Å². The van der Waals surface area contributed by atoms with Crippen LogP contribution in [0.4, 0.5) is 11.4 Å². The molecule has 0 saturated heterocycles. The van der Waals surface area contributed by atoms with Crippen LogP contribution in [0.2, 0.25) is 0 Å². The van der Waals surface area contributed by atoms with Crippen LogP contribution in [-0.2, 0) is 21.2 Å². The van der Waals surface area contributed by atoms with Crippen LogP contribution in [0.1, 0.15) is 68.4 Å². The molecule has 5 nitrogen and oxygen atoms in total. The van der Waals surface area contributed by atoms with E-state index in [1.807, 2.05) is 12.1 Å². The van der Waals surface area contributed by atoms with Crippen molar-refractivity contribution in [2.45, 2.75) is 57.0 Å². The molecule has 0 aliphatic carbocycles. The lowest BCUT2D eigenvalue weighted by Gasteiger charge is -2.36. The number of methoxy groups -OCH3 is 1. The molecule has 1 N–H and O–H groups in total. The average Bonchev–Trinajstić information content (AvgIpc) is 3.67. The lowest BCUT2D eigenvalue weighted by Crippen LogP contribution is -2.34. The predicted molar refractivity (Wildman–Crippen MR) is 256 cm³/mol. The Morgan fingerprint density at radius 2 is 1.21 bits per heavy atom. The number of allylic oxidation sites excluding steroid dienone is 4. The summed E-state index contributed by atoms with van der Waals surface area (Å²) in [4.78, 5) is 2.43. The maximum Gasteiger partial charge on any atom is 0.210 e. The van der Waals surface area contributed by atoms with Crippen LogP contribution >= 0.6 is 0 Å². The first-order chi connectivity index (χ1) is 30.2. The standard InChI is InChI=1S/C57H57N2O3/c1-55(2)51(58(37-17-39-60)49-35-29-41-19-12-14-25-47(41)53(49)55)27-16-28-52-56(3,4)54-48-26-15-13-20-42(48)30-36-50(54)59(52)38-18-40-62-57(43-21-8-6-9-22-43,44-23-10-7-11-24-44)45-31-33-46(61-5)34-32-45/h6-16,19-36,60H,17-18,37-40H2,1-5H3/q+1. The summed E-state index contributed by atoms with van der Waals surface area (Å²) in [6.07, 6.45) is 8.43. The van der Waals surface area contributed by atoms with E-state index in [9.17, 15) is 5.11 Å². The fourth-order valence-electron chi connectivity index (χ4n) is 10.4. The molecule has 0 bridgehead atoms. The Morgan fingerprint density at radius 1 is 0.629 bits per heavy atom. The zero-order valence-electron chi connectivity index (χ0n) is 36.6. The number of nitrogens with zero attached hydrogens (tertiary/aromatic N) is 2. The summed E-state index contributed by atoms with van der Waals surface area (Å²) in [6, 6.07) is 56.1. The molecular weight excluding hydrogens is 761 g/mol. The Balaban J connectivity index is 1.10. The van der Waals surface area contributed by atoms with Crippen LogP contribution in [-0.4, -0.2) is 48.8 Å². The average molecular weight is 818 g/mol. The maximum absolute atomic E-state index is 9.97. The van der Waals surface area contributed by atoms with Gasteiger partial charge >= 0.3 is 0 Å². The van der Waals surface area contributed by atoms with Crippen molar-refractivity contribution in [3.8, 4) is 5.75 Å². The molecule has 0 spiro atoms. The van der Waals surface area contributed by atoms with E-state index in [1.165, 1.54) is 55.5 Å². The Hall–Kier alpha value is -6.27. The zero-order chi connectivity index (χ0) is 42.9. The molecule has 0 radical (unpaired) electrons. The molecule has 0 unspecified atom stereocenters. The third kappa shape index (κ3) is 7.03. The number of hydrogen-bond acceptors (Lipinski definition) is 4. The van der Waals surface area contributed by atoms with Gasteiger partial charge in [0.15, 0.2) is 12.3 Å². The second-order valence-corrected chi connectivity index (χ2v) is 17.6. The van der Waals surface area contributed by atoms with Gasteiger partial charge in [-0.15, -0.1) is 0 Å². The number of hydrogen-bond donors (Lipinski definition) is 1. The van der Waals surface area contributed by atoms with Gasteiger partial charge in [0, 0.05) is 54.1 Å². The zero-order valence-corrected chi connectivity index (χ0v) is 36.6. The summed E-state index contributed by atoms with van der Waals surface area (Å²) < 4.78 is 15.4. The minimum Gasteiger partial charge on any atom is -0.497 e. The number of anilines is 1. The molecule has 0 fully saturated rings. The van der Waals surface area contributed by atoms with E-state index in [-0.39, 0.29) is 17.4 Å². The van der Waals surface area contributed by atoms with Crippen molar-refractivity contribution in [2.24, 2.45) is 0 Å². The topological polar surface area (TPSA) is 44.9 Å². The second-order valence-electron chi connectivity index (χ2n) is 17.6. The van der Waals surface area contributed by atoms with E-state index < -0.39 is 5.60 Å². The van der Waals surface area contributed by atoms with E-state index in [0.717, 1.165) is 42.0 Å². The fourth-order valence-corrected chi connectivity index (χ4v) is 10.4. The molecule has 2 aliphatic heterocycles. The van der Waals surface area contributed by atoms with Gasteiger partial charge in [-0.05, 0) is 94.4 Å². The second kappa shape index (κ2) is 16.9. The lowest BCUT2D eigenvalue weighted by atomic mass is 9.79. The summed E-state index contributed by atoms with van der Waals surface area (Å²) in [7, 11) is 1.70. The van der Waals surface area contributed by atoms with Gasteiger partial charge in [-0.1, -0.05) is 147 Å². The molecule has 5 heteroatoms. The first-order valence-corrected chi connectivity index (χ1v) is 22.1. The minimum atomic E-state index is -0.829. The molecule has 2 aliphatic rings. The van der Waals surface area contributed by atoms with Gasteiger partial charge in [0.05, 0.1) is 19.1 Å². The van der Waals surface area contributed by atoms with Crippen molar-refractivity contribution in [1.29, 1.82) is 0 Å². The molecule has 62 heavy (non-hydrogen) atoms. The highest BCUT2D eigenvalue weighted by atomic mass is 16.5. The molecule has 0 atom stereocenters. The van der Waals surface area contributed by atoms with Crippen molar-refractivity contribution in [3.63, 3.8) is 0 Å². The largest absolute Gasteiger partial charge is 0.497 e. The highest BCUT2D eigenvalue weighted by Crippen LogP contribution is 2.51. The van der Waals surface area contributed by atoms with E-state index in [1.54, 1.807) is 7.11 Å². The third-order valence-electron chi connectivity index (χ3n) is 13.3. The SMILES string of the molecule is COc1ccc(C(OCCC[N+]2=C(C=CC=C3N(CCCO)c4ccc5ccccc5c4C3(C)C)C(C)(C)c3c2ccc2ccccc32)(c2ccccc2)c2ccccc2)cc1. The summed E-state index contributed by atoms with van der Waals surface area (Å²) in [5, 5.41) is 15.1. The smallest absolute Gasteiger partial charge is 0.210 e. The quantitative estimate of drug-likeness (QED) is 0.0675. The Bertz CT molecular complexity index is 2780. The van der Waals surface area contributed by atoms with Crippen LogP contribution < -0.4 is 9.64 Å². The van der Waals surface area contributed by atoms with Crippen LogP contribution in [0.5, 0.6) is 5.75 Å². The fraction of sp³-hybridized carbons (Fsp3) is 0.246. The number of benzene rings is 7. The van der Waals surface area contributed by atoms with Crippen LogP contribution in [0.25, 0.3) is 21.5 Å². The summed E-state index contributed by atoms with van der Waals surface area (Å²) in [6.45, 7) is 11.6. The van der Waals surface area contributed by atoms with Gasteiger partial charge in [0.2, 0.25) is 5.69 Å². The predicted octanol–water partition coefficient (Wildman–Crippen LogP) is 12.4. The van der Waals surface area contributed by atoms with Crippen LogP contribution in [0.15, 0.2) is 182 Å². The van der Waals surface area contributed by atoms with E-state index in [0.29, 0.717) is 13.0 Å². The Labute approximate surface area is 366 Å². The minimum absolute atomic E-state index is 0.151. The van der Waals surface area contributed by atoms with Gasteiger partial charge in [-0.3, -0.25) is 0 Å². The van der Waals surface area contributed by atoms with Gasteiger partial charge in [0.25, 0.3) is 0 Å². The molecule has 7 aromatic rings. The molecule has 0 aromatic heterocycles. The number of fused-ring (bicyclic) bond motifs is 6. The highest BCUT2D eigenvalue weighted by molar-refractivity contribution is 6.07.